The summed E-state index contributed by atoms with van der Waals surface area (Å²) in [6.45, 7) is 3.81. The summed E-state index contributed by atoms with van der Waals surface area (Å²) in [4.78, 5) is 23.8. The van der Waals surface area contributed by atoms with Gasteiger partial charge in [-0.15, -0.1) is 0 Å². The third-order valence-electron chi connectivity index (χ3n) is 3.52. The number of methoxy groups -OCH3 is 1. The minimum atomic E-state index is -0.504. The van der Waals surface area contributed by atoms with E-state index in [0.717, 1.165) is 11.1 Å². The minimum absolute atomic E-state index is 0.284. The van der Waals surface area contributed by atoms with Gasteiger partial charge in [-0.1, -0.05) is 35.9 Å². The smallest absolute Gasteiger partial charge is 0.333 e. The monoisotopic (exact) mass is 327 g/mol. The van der Waals surface area contributed by atoms with Crippen LogP contribution in [0.5, 0.6) is 5.75 Å². The number of hydrogen-bond donors (Lipinski definition) is 3. The van der Waals surface area contributed by atoms with Gasteiger partial charge in [0.25, 0.3) is 5.91 Å². The predicted octanol–water partition coefficient (Wildman–Crippen LogP) is 2.71. The molecule has 0 aliphatic heterocycles. The third-order valence-corrected chi connectivity index (χ3v) is 3.52. The summed E-state index contributed by atoms with van der Waals surface area (Å²) in [5, 5.41) is 2.76. The molecule has 126 valence electrons. The van der Waals surface area contributed by atoms with Crippen LogP contribution in [0.15, 0.2) is 48.5 Å². The van der Waals surface area contributed by atoms with Crippen molar-refractivity contribution in [3.63, 3.8) is 0 Å². The highest BCUT2D eigenvalue weighted by Crippen LogP contribution is 2.25. The van der Waals surface area contributed by atoms with E-state index >= 15 is 0 Å². The van der Waals surface area contributed by atoms with Gasteiger partial charge in [-0.3, -0.25) is 10.2 Å². The Hall–Kier alpha value is -3.02. The van der Waals surface area contributed by atoms with Crippen molar-refractivity contribution in [3.05, 3.63) is 65.2 Å². The lowest BCUT2D eigenvalue weighted by atomic mass is 10.0. The first kappa shape index (κ1) is 17.3. The van der Waals surface area contributed by atoms with Gasteiger partial charge in [0.05, 0.1) is 13.2 Å². The molecule has 0 saturated heterocycles. The molecule has 0 spiro atoms. The maximum atomic E-state index is 12.0. The molecule has 0 fully saturated rings. The fourth-order valence-corrected chi connectivity index (χ4v) is 2.28. The Balaban J connectivity index is 1.92. The van der Waals surface area contributed by atoms with Crippen molar-refractivity contribution in [3.8, 4) is 5.75 Å². The molecule has 0 aliphatic carbocycles. The van der Waals surface area contributed by atoms with Crippen LogP contribution in [0.1, 0.15) is 34.5 Å². The lowest BCUT2D eigenvalue weighted by Gasteiger charge is -2.18. The summed E-state index contributed by atoms with van der Waals surface area (Å²) in [5.74, 6) is 0.313. The van der Waals surface area contributed by atoms with Gasteiger partial charge in [0.2, 0.25) is 0 Å². The number of urea groups is 1. The predicted molar refractivity (Wildman–Crippen MR) is 91.7 cm³/mol. The maximum absolute atomic E-state index is 12.0. The van der Waals surface area contributed by atoms with Gasteiger partial charge in [-0.05, 0) is 32.0 Å². The van der Waals surface area contributed by atoms with Crippen molar-refractivity contribution >= 4 is 11.9 Å². The fraction of sp³-hybridized carbons (Fsp3) is 0.222. The Morgan fingerprint density at radius 2 is 1.75 bits per heavy atom. The van der Waals surface area contributed by atoms with E-state index in [4.69, 9.17) is 4.74 Å². The summed E-state index contributed by atoms with van der Waals surface area (Å²) in [7, 11) is 1.58. The molecule has 1 atom stereocenters. The molecule has 0 aliphatic rings. The first-order valence-corrected chi connectivity index (χ1v) is 7.57. The van der Waals surface area contributed by atoms with Crippen LogP contribution >= 0.6 is 0 Å². The average molecular weight is 327 g/mol. The molecule has 0 heterocycles. The van der Waals surface area contributed by atoms with E-state index in [2.05, 4.69) is 16.2 Å². The van der Waals surface area contributed by atoms with Crippen molar-refractivity contribution in [1.82, 2.24) is 16.2 Å². The maximum Gasteiger partial charge on any atom is 0.333 e. The lowest BCUT2D eigenvalue weighted by Crippen LogP contribution is -2.47. The normalized spacial score (nSPS) is 11.3. The molecule has 0 bridgehead atoms. The topological polar surface area (TPSA) is 79.5 Å². The zero-order chi connectivity index (χ0) is 17.5. The zero-order valence-corrected chi connectivity index (χ0v) is 13.9. The van der Waals surface area contributed by atoms with Crippen LogP contribution in [0.25, 0.3) is 0 Å². The molecule has 3 N–H and O–H groups in total. The van der Waals surface area contributed by atoms with Gasteiger partial charge in [0.1, 0.15) is 5.75 Å². The first-order chi connectivity index (χ1) is 11.5. The van der Waals surface area contributed by atoms with Crippen molar-refractivity contribution in [2.45, 2.75) is 19.9 Å². The van der Waals surface area contributed by atoms with Crippen LogP contribution in [0.4, 0.5) is 4.79 Å². The van der Waals surface area contributed by atoms with Crippen molar-refractivity contribution < 1.29 is 14.3 Å². The fourth-order valence-electron chi connectivity index (χ4n) is 2.28. The van der Waals surface area contributed by atoms with Crippen LogP contribution in [-0.2, 0) is 0 Å². The standard InChI is InChI=1S/C18H21N3O3/c1-12-9-10-16(24-3)15(11-12)13(2)19-18(23)21-20-17(22)14-7-5-4-6-8-14/h4-11,13H,1-3H3,(H,20,22)(H2,19,21,23). The van der Waals surface area contributed by atoms with E-state index in [9.17, 15) is 9.59 Å². The molecular weight excluding hydrogens is 306 g/mol. The van der Waals surface area contributed by atoms with Gasteiger partial charge >= 0.3 is 6.03 Å². The van der Waals surface area contributed by atoms with Gasteiger partial charge in [-0.2, -0.15) is 0 Å². The minimum Gasteiger partial charge on any atom is -0.496 e. The van der Waals surface area contributed by atoms with E-state index in [1.807, 2.05) is 38.1 Å². The van der Waals surface area contributed by atoms with E-state index in [1.165, 1.54) is 0 Å². The van der Waals surface area contributed by atoms with Crippen LogP contribution in [0.2, 0.25) is 0 Å². The highest BCUT2D eigenvalue weighted by atomic mass is 16.5. The van der Waals surface area contributed by atoms with E-state index in [0.29, 0.717) is 11.3 Å². The number of carbonyl (C=O) groups excluding carboxylic acids is 2. The molecule has 2 rings (SSSR count). The highest BCUT2D eigenvalue weighted by molar-refractivity contribution is 5.95. The summed E-state index contributed by atoms with van der Waals surface area (Å²) in [6, 6.07) is 13.6. The Labute approximate surface area is 141 Å². The molecule has 0 radical (unpaired) electrons. The number of aryl methyl sites for hydroxylation is 1. The van der Waals surface area contributed by atoms with Crippen LogP contribution in [-0.4, -0.2) is 19.0 Å². The Morgan fingerprint density at radius 3 is 2.42 bits per heavy atom. The number of hydrazine groups is 1. The van der Waals surface area contributed by atoms with Gasteiger partial charge in [0, 0.05) is 11.1 Å². The second-order valence-corrected chi connectivity index (χ2v) is 5.39. The van der Waals surface area contributed by atoms with E-state index in [-0.39, 0.29) is 11.9 Å². The summed E-state index contributed by atoms with van der Waals surface area (Å²) in [5.41, 5.74) is 7.10. The van der Waals surface area contributed by atoms with Crippen LogP contribution in [0.3, 0.4) is 0 Å². The van der Waals surface area contributed by atoms with Crippen molar-refractivity contribution in [2.75, 3.05) is 7.11 Å². The number of carbonyl (C=O) groups is 2. The first-order valence-electron chi connectivity index (χ1n) is 7.57. The molecule has 0 aromatic heterocycles. The third kappa shape index (κ3) is 4.49. The molecule has 0 saturated carbocycles. The Morgan fingerprint density at radius 1 is 1.04 bits per heavy atom. The number of amides is 3. The molecule has 6 nitrogen and oxygen atoms in total. The molecular formula is C18H21N3O3. The SMILES string of the molecule is COc1ccc(C)cc1C(C)NC(=O)NNC(=O)c1ccccc1. The van der Waals surface area contributed by atoms with Gasteiger partial charge < -0.3 is 10.1 Å². The average Bonchev–Trinajstić information content (AvgIpc) is 2.60. The summed E-state index contributed by atoms with van der Waals surface area (Å²) >= 11 is 0. The number of nitrogens with one attached hydrogen (secondary N) is 3. The quantitative estimate of drug-likeness (QED) is 0.756. The Bertz CT molecular complexity index is 717. The molecule has 2 aromatic rings. The number of rotatable bonds is 4. The second kappa shape index (κ2) is 8.01. The van der Waals surface area contributed by atoms with Crippen LogP contribution in [0, 0.1) is 6.92 Å². The van der Waals surface area contributed by atoms with Crippen LogP contribution < -0.4 is 20.9 Å². The zero-order valence-electron chi connectivity index (χ0n) is 13.9. The highest BCUT2D eigenvalue weighted by Gasteiger charge is 2.15. The molecule has 6 heteroatoms. The lowest BCUT2D eigenvalue weighted by molar-refractivity contribution is 0.0936. The van der Waals surface area contributed by atoms with Gasteiger partial charge in [-0.25, -0.2) is 10.2 Å². The molecule has 1 unspecified atom stereocenters. The molecule has 3 amide bonds. The van der Waals surface area contributed by atoms with Gasteiger partial charge in [0.15, 0.2) is 0 Å². The summed E-state index contributed by atoms with van der Waals surface area (Å²) in [6.07, 6.45) is 0. The molecule has 2 aromatic carbocycles. The number of benzene rings is 2. The van der Waals surface area contributed by atoms with E-state index < -0.39 is 6.03 Å². The van der Waals surface area contributed by atoms with Crippen molar-refractivity contribution in [1.29, 1.82) is 0 Å². The largest absolute Gasteiger partial charge is 0.496 e. The number of hydrogen-bond acceptors (Lipinski definition) is 3. The van der Waals surface area contributed by atoms with Crippen molar-refractivity contribution in [2.24, 2.45) is 0 Å². The van der Waals surface area contributed by atoms with E-state index in [1.54, 1.807) is 31.4 Å². The number of ether oxygens (including phenoxy) is 1. The Kier molecular flexibility index (Phi) is 5.78. The second-order valence-electron chi connectivity index (χ2n) is 5.39. The summed E-state index contributed by atoms with van der Waals surface area (Å²) < 4.78 is 5.32. The molecule has 24 heavy (non-hydrogen) atoms.